The molecular formula is C53H64N10O6. The summed E-state index contributed by atoms with van der Waals surface area (Å²) in [6.45, 7) is 15.4. The molecule has 4 atom stereocenters. The Morgan fingerprint density at radius 2 is 1.13 bits per heavy atom. The molecular weight excluding hydrogens is 873 g/mol. The summed E-state index contributed by atoms with van der Waals surface area (Å²) in [5.74, 6) is 0.578. The molecule has 3 aromatic carbocycles. The molecule has 2 aliphatic rings. The largest absolute Gasteiger partial charge is 0.453 e. The van der Waals surface area contributed by atoms with E-state index in [1.165, 1.54) is 19.8 Å². The number of rotatable bonds is 13. The minimum Gasteiger partial charge on any atom is -0.453 e. The highest BCUT2D eigenvalue weighted by Gasteiger charge is 2.39. The zero-order chi connectivity index (χ0) is 49.1. The van der Waals surface area contributed by atoms with Gasteiger partial charge in [-0.05, 0) is 90.0 Å². The normalized spacial score (nSPS) is 17.0. The van der Waals surface area contributed by atoms with E-state index in [1.54, 1.807) is 4.90 Å². The van der Waals surface area contributed by atoms with E-state index >= 15 is 0 Å². The first-order chi connectivity index (χ1) is 33.1. The van der Waals surface area contributed by atoms with Crippen LogP contribution in [0.1, 0.15) is 103 Å². The number of nitrogens with one attached hydrogen (secondary N) is 4. The predicted octanol–water partition coefficient (Wildman–Crippen LogP) is 9.37. The maximum absolute atomic E-state index is 13.7. The summed E-state index contributed by atoms with van der Waals surface area (Å²) in [6, 6.07) is 29.7. The molecule has 0 radical (unpaired) electrons. The highest BCUT2D eigenvalue weighted by atomic mass is 16.5. The van der Waals surface area contributed by atoms with Gasteiger partial charge in [0.05, 0.1) is 49.1 Å². The third kappa shape index (κ3) is 10.2. The molecule has 0 saturated carbocycles. The Labute approximate surface area is 403 Å². The average molecular weight is 937 g/mol. The van der Waals surface area contributed by atoms with E-state index in [0.29, 0.717) is 24.7 Å². The number of H-pyrrole nitrogens is 2. The number of amides is 4. The summed E-state index contributed by atoms with van der Waals surface area (Å²) in [4.78, 5) is 60.1. The first-order valence-electron chi connectivity index (χ1n) is 23.9. The van der Waals surface area contributed by atoms with Crippen molar-refractivity contribution in [1.29, 1.82) is 0 Å². The van der Waals surface area contributed by atoms with E-state index in [1.807, 2.05) is 50.8 Å². The Morgan fingerprint density at radius 1 is 0.638 bits per heavy atom. The summed E-state index contributed by atoms with van der Waals surface area (Å²) in [5, 5.41) is 21.0. The van der Waals surface area contributed by atoms with E-state index in [4.69, 9.17) is 14.5 Å². The predicted molar refractivity (Wildman–Crippen MR) is 264 cm³/mol. The molecule has 362 valence electrons. The van der Waals surface area contributed by atoms with Crippen molar-refractivity contribution in [2.24, 2.45) is 11.8 Å². The first-order valence-corrected chi connectivity index (χ1v) is 23.9. The fourth-order valence-electron chi connectivity index (χ4n) is 9.51. The standard InChI is InChI=1S/C53H64N10O6/c1-31(2)45(54-51(66)68-8)49(64)61-28-10-12-43(61)40-30-39(57-58-40)33-14-16-34(17-15-33)41-26-27-42(63(41)38-24-22-37(23-25-38)53(5,6)7)35-18-20-36(21-19-35)47-56-48(60-59-47)44-13-11-29-62(44)50(65)46(32(3)4)55-52(67)69-9/h14-27,30-32,43-46H,10-13,28-29H2,1-9H3,(H,54,66)(H,55,67)(H,57,58)(H,56,59,60)/t43-,44?,45-,46-/m0/s1. The van der Waals surface area contributed by atoms with Gasteiger partial charge in [-0.25, -0.2) is 14.6 Å². The number of carbonyl (C=O) groups is 4. The van der Waals surface area contributed by atoms with Gasteiger partial charge in [0.2, 0.25) is 11.8 Å². The van der Waals surface area contributed by atoms with Gasteiger partial charge >= 0.3 is 12.2 Å². The van der Waals surface area contributed by atoms with Crippen molar-refractivity contribution in [2.45, 2.75) is 104 Å². The van der Waals surface area contributed by atoms with Gasteiger partial charge in [0.1, 0.15) is 17.9 Å². The van der Waals surface area contributed by atoms with Crippen LogP contribution in [0.15, 0.2) is 91.0 Å². The number of methoxy groups -OCH3 is 2. The molecule has 69 heavy (non-hydrogen) atoms. The van der Waals surface area contributed by atoms with Crippen molar-refractivity contribution in [3.63, 3.8) is 0 Å². The fraction of sp³-hybridized carbons (Fsp3) is 0.415. The number of nitrogens with zero attached hydrogens (tertiary/aromatic N) is 6. The van der Waals surface area contributed by atoms with Crippen LogP contribution in [0, 0.1) is 11.8 Å². The van der Waals surface area contributed by atoms with Gasteiger partial charge < -0.3 is 34.5 Å². The van der Waals surface area contributed by atoms with Crippen LogP contribution in [0.5, 0.6) is 0 Å². The van der Waals surface area contributed by atoms with Crippen molar-refractivity contribution in [3.05, 3.63) is 108 Å². The summed E-state index contributed by atoms with van der Waals surface area (Å²) < 4.78 is 11.9. The molecule has 1 unspecified atom stereocenters. The van der Waals surface area contributed by atoms with Crippen LogP contribution in [0.2, 0.25) is 0 Å². The fourth-order valence-corrected chi connectivity index (χ4v) is 9.51. The third-order valence-electron chi connectivity index (χ3n) is 13.4. The van der Waals surface area contributed by atoms with Crippen molar-refractivity contribution in [1.82, 2.24) is 50.4 Å². The second-order valence-corrected chi connectivity index (χ2v) is 19.7. The van der Waals surface area contributed by atoms with Gasteiger partial charge in [0, 0.05) is 29.9 Å². The Morgan fingerprint density at radius 3 is 1.64 bits per heavy atom. The molecule has 0 aliphatic carbocycles. The number of hydrogen-bond donors (Lipinski definition) is 4. The molecule has 16 heteroatoms. The molecule has 2 aliphatic heterocycles. The van der Waals surface area contributed by atoms with E-state index in [0.717, 1.165) is 76.4 Å². The number of benzene rings is 3. The summed E-state index contributed by atoms with van der Waals surface area (Å²) in [7, 11) is 2.58. The number of carbonyl (C=O) groups excluding carboxylic acids is 4. The number of likely N-dealkylation sites (tertiary alicyclic amines) is 2. The van der Waals surface area contributed by atoms with Gasteiger partial charge in [0.15, 0.2) is 5.82 Å². The van der Waals surface area contributed by atoms with Crippen LogP contribution < -0.4 is 10.6 Å². The Balaban J connectivity index is 1.04. The van der Waals surface area contributed by atoms with Crippen LogP contribution in [-0.2, 0) is 24.5 Å². The highest BCUT2D eigenvalue weighted by molar-refractivity contribution is 5.87. The van der Waals surface area contributed by atoms with Gasteiger partial charge in [-0.15, -0.1) is 0 Å². The van der Waals surface area contributed by atoms with Gasteiger partial charge in [0.25, 0.3) is 0 Å². The highest BCUT2D eigenvalue weighted by Crippen LogP contribution is 2.38. The quantitative estimate of drug-likeness (QED) is 0.0874. The number of ether oxygens (including phenoxy) is 2. The van der Waals surface area contributed by atoms with Crippen LogP contribution in [0.25, 0.3) is 50.8 Å². The molecule has 6 aromatic rings. The van der Waals surface area contributed by atoms with Crippen LogP contribution >= 0.6 is 0 Å². The molecule has 4 N–H and O–H groups in total. The van der Waals surface area contributed by atoms with Crippen LogP contribution in [-0.4, -0.2) is 103 Å². The lowest BCUT2D eigenvalue weighted by Gasteiger charge is -2.30. The lowest BCUT2D eigenvalue weighted by Crippen LogP contribution is -2.51. The van der Waals surface area contributed by atoms with Gasteiger partial charge in [-0.2, -0.15) is 10.2 Å². The van der Waals surface area contributed by atoms with Crippen molar-refractivity contribution < 1.29 is 28.7 Å². The zero-order valence-corrected chi connectivity index (χ0v) is 41.0. The van der Waals surface area contributed by atoms with E-state index in [2.05, 4.69) is 129 Å². The summed E-state index contributed by atoms with van der Waals surface area (Å²) in [6.07, 6.45) is 1.91. The second-order valence-electron chi connectivity index (χ2n) is 19.7. The van der Waals surface area contributed by atoms with E-state index in [9.17, 15) is 19.2 Å². The molecule has 5 heterocycles. The summed E-state index contributed by atoms with van der Waals surface area (Å²) in [5.41, 5.74) is 9.71. The second kappa shape index (κ2) is 20.2. The summed E-state index contributed by atoms with van der Waals surface area (Å²) >= 11 is 0. The Bertz CT molecular complexity index is 2610. The number of aromatic amines is 2. The molecule has 0 spiro atoms. The molecule has 16 nitrogen and oxygen atoms in total. The Hall–Kier alpha value is -7.23. The minimum atomic E-state index is -0.725. The molecule has 3 aromatic heterocycles. The lowest BCUT2D eigenvalue weighted by atomic mass is 9.87. The van der Waals surface area contributed by atoms with E-state index in [-0.39, 0.29) is 41.1 Å². The number of aromatic nitrogens is 6. The van der Waals surface area contributed by atoms with Crippen molar-refractivity contribution >= 4 is 24.0 Å². The molecule has 8 rings (SSSR count). The molecule has 4 amide bonds. The smallest absolute Gasteiger partial charge is 0.407 e. The molecule has 2 fully saturated rings. The number of hydrogen-bond acceptors (Lipinski definition) is 9. The average Bonchev–Trinajstić information content (AvgIpc) is 4.21. The van der Waals surface area contributed by atoms with Crippen LogP contribution in [0.3, 0.4) is 0 Å². The Kier molecular flexibility index (Phi) is 14.1. The van der Waals surface area contributed by atoms with Gasteiger partial charge in [-0.3, -0.25) is 19.8 Å². The van der Waals surface area contributed by atoms with Crippen molar-refractivity contribution in [2.75, 3.05) is 27.3 Å². The monoisotopic (exact) mass is 937 g/mol. The van der Waals surface area contributed by atoms with Crippen LogP contribution in [0.4, 0.5) is 9.59 Å². The molecule has 0 bridgehead atoms. The van der Waals surface area contributed by atoms with Gasteiger partial charge in [-0.1, -0.05) is 109 Å². The topological polar surface area (TPSA) is 192 Å². The SMILES string of the molecule is COC(=O)N[C@H](C(=O)N1CCCC1c1nc(-c2ccc(-c3ccc(-c4ccc(-c5cc([C@@H]6CCCN6C(=O)[C@@H](NC(=O)OC)C(C)C)[nH]n5)cc4)n3-c3ccc(C(C)(C)C)cc3)cc2)n[nH]1)C(C)C. The maximum Gasteiger partial charge on any atom is 0.407 e. The maximum atomic E-state index is 13.7. The van der Waals surface area contributed by atoms with E-state index < -0.39 is 24.3 Å². The lowest BCUT2D eigenvalue weighted by molar-refractivity contribution is -0.136. The third-order valence-corrected chi connectivity index (χ3v) is 13.4. The first kappa shape index (κ1) is 48.2. The number of alkyl carbamates (subject to hydrolysis) is 2. The minimum absolute atomic E-state index is 0.00753. The van der Waals surface area contributed by atoms with Crippen molar-refractivity contribution in [3.8, 4) is 50.8 Å². The zero-order valence-electron chi connectivity index (χ0n) is 41.0. The molecule has 2 saturated heterocycles.